The van der Waals surface area contributed by atoms with E-state index in [2.05, 4.69) is 32.5 Å². The maximum atomic E-state index is 12.8. The summed E-state index contributed by atoms with van der Waals surface area (Å²) in [6, 6.07) is 12.9. The lowest BCUT2D eigenvalue weighted by Gasteiger charge is -2.23. The van der Waals surface area contributed by atoms with Gasteiger partial charge in [-0.1, -0.05) is 36.9 Å². The molecule has 1 fully saturated rings. The van der Waals surface area contributed by atoms with Crippen molar-refractivity contribution in [2.45, 2.75) is 18.9 Å². The van der Waals surface area contributed by atoms with Crippen LogP contribution in [-0.4, -0.2) is 40.9 Å². The molecule has 32 heavy (non-hydrogen) atoms. The first-order valence-corrected chi connectivity index (χ1v) is 10.5. The van der Waals surface area contributed by atoms with Crippen LogP contribution in [0.3, 0.4) is 0 Å². The SMILES string of the molecule is C=C(/C=c1/cccc/c1=C/N)C(=O)Nc1nc2c(C(=O)NC3CCNCC3)cccc2[nH]1. The van der Waals surface area contributed by atoms with E-state index >= 15 is 0 Å². The minimum absolute atomic E-state index is 0.143. The lowest BCUT2D eigenvalue weighted by molar-refractivity contribution is -0.112. The predicted molar refractivity (Wildman–Crippen MR) is 126 cm³/mol. The van der Waals surface area contributed by atoms with E-state index in [4.69, 9.17) is 5.73 Å². The third kappa shape index (κ3) is 4.70. The van der Waals surface area contributed by atoms with Crippen molar-refractivity contribution in [3.63, 3.8) is 0 Å². The summed E-state index contributed by atoms with van der Waals surface area (Å²) in [5, 5.41) is 10.7. The molecule has 2 aromatic carbocycles. The second-order valence-corrected chi connectivity index (χ2v) is 7.70. The van der Waals surface area contributed by atoms with Gasteiger partial charge < -0.3 is 21.4 Å². The zero-order chi connectivity index (χ0) is 22.5. The number of nitrogens with one attached hydrogen (secondary N) is 4. The normalized spacial score (nSPS) is 15.6. The molecule has 3 aromatic rings. The van der Waals surface area contributed by atoms with Gasteiger partial charge in [0, 0.05) is 17.8 Å². The zero-order valence-electron chi connectivity index (χ0n) is 17.7. The minimum Gasteiger partial charge on any atom is -0.404 e. The Labute approximate surface area is 185 Å². The molecule has 0 saturated carbocycles. The van der Waals surface area contributed by atoms with Crippen molar-refractivity contribution in [1.29, 1.82) is 0 Å². The van der Waals surface area contributed by atoms with Crippen molar-refractivity contribution in [3.05, 3.63) is 70.6 Å². The first kappa shape index (κ1) is 21.3. The van der Waals surface area contributed by atoms with Gasteiger partial charge in [-0.15, -0.1) is 0 Å². The molecular weight excluding hydrogens is 404 g/mol. The number of fused-ring (bicyclic) bond motifs is 1. The third-order valence-corrected chi connectivity index (χ3v) is 5.46. The van der Waals surface area contributed by atoms with Crippen LogP contribution >= 0.6 is 0 Å². The largest absolute Gasteiger partial charge is 0.404 e. The number of carbonyl (C=O) groups is 2. The molecule has 164 valence electrons. The number of nitrogens with zero attached hydrogens (tertiary/aromatic N) is 1. The maximum Gasteiger partial charge on any atom is 0.257 e. The third-order valence-electron chi connectivity index (χ3n) is 5.46. The number of H-pyrrole nitrogens is 1. The second-order valence-electron chi connectivity index (χ2n) is 7.70. The lowest BCUT2D eigenvalue weighted by Crippen LogP contribution is -2.42. The molecule has 1 aromatic heterocycles. The summed E-state index contributed by atoms with van der Waals surface area (Å²) in [5.74, 6) is -0.323. The molecule has 1 aliphatic rings. The van der Waals surface area contributed by atoms with Crippen molar-refractivity contribution in [1.82, 2.24) is 20.6 Å². The Morgan fingerprint density at radius 1 is 1.09 bits per heavy atom. The number of benzene rings is 2. The van der Waals surface area contributed by atoms with E-state index in [1.807, 2.05) is 30.3 Å². The fourth-order valence-electron chi connectivity index (χ4n) is 3.74. The molecule has 4 rings (SSSR count). The number of piperidine rings is 1. The van der Waals surface area contributed by atoms with Crippen LogP contribution < -0.4 is 32.1 Å². The number of amides is 2. The minimum atomic E-state index is -0.406. The van der Waals surface area contributed by atoms with E-state index in [-0.39, 0.29) is 23.5 Å². The molecular formula is C24H26N6O2. The summed E-state index contributed by atoms with van der Waals surface area (Å²) in [6.07, 6.45) is 4.93. The highest BCUT2D eigenvalue weighted by Gasteiger charge is 2.19. The smallest absolute Gasteiger partial charge is 0.257 e. The number of nitrogens with two attached hydrogens (primary N) is 1. The van der Waals surface area contributed by atoms with Crippen molar-refractivity contribution in [2.24, 2.45) is 5.73 Å². The Kier molecular flexibility index (Phi) is 6.32. The lowest BCUT2D eigenvalue weighted by atomic mass is 10.1. The van der Waals surface area contributed by atoms with Crippen LogP contribution in [0.2, 0.25) is 0 Å². The van der Waals surface area contributed by atoms with Crippen LogP contribution in [0.1, 0.15) is 23.2 Å². The zero-order valence-corrected chi connectivity index (χ0v) is 17.7. The summed E-state index contributed by atoms with van der Waals surface area (Å²) in [7, 11) is 0. The average Bonchev–Trinajstić information content (AvgIpc) is 3.22. The molecule has 0 atom stereocenters. The molecule has 1 saturated heterocycles. The van der Waals surface area contributed by atoms with Crippen LogP contribution in [0.15, 0.2) is 54.6 Å². The van der Waals surface area contributed by atoms with Crippen molar-refractivity contribution >= 4 is 41.1 Å². The molecule has 8 heteroatoms. The number of aromatic amines is 1. The Morgan fingerprint density at radius 2 is 1.84 bits per heavy atom. The van der Waals surface area contributed by atoms with Crippen LogP contribution in [0, 0.1) is 0 Å². The molecule has 0 spiro atoms. The van der Waals surface area contributed by atoms with Gasteiger partial charge in [0.25, 0.3) is 11.8 Å². The topological polar surface area (TPSA) is 125 Å². The highest BCUT2D eigenvalue weighted by Crippen LogP contribution is 2.19. The summed E-state index contributed by atoms with van der Waals surface area (Å²) >= 11 is 0. The van der Waals surface area contributed by atoms with Crippen molar-refractivity contribution in [3.8, 4) is 0 Å². The maximum absolute atomic E-state index is 12.8. The van der Waals surface area contributed by atoms with Gasteiger partial charge in [0.1, 0.15) is 5.52 Å². The Balaban J connectivity index is 1.53. The van der Waals surface area contributed by atoms with E-state index in [0.717, 1.165) is 36.4 Å². The molecule has 0 bridgehead atoms. The second kappa shape index (κ2) is 9.49. The Morgan fingerprint density at radius 3 is 2.59 bits per heavy atom. The fourth-order valence-corrected chi connectivity index (χ4v) is 3.74. The number of hydrogen-bond acceptors (Lipinski definition) is 5. The fraction of sp³-hybridized carbons (Fsp3) is 0.208. The monoisotopic (exact) mass is 430 g/mol. The van der Waals surface area contributed by atoms with Gasteiger partial charge >= 0.3 is 0 Å². The number of aromatic nitrogens is 2. The number of para-hydroxylation sites is 1. The summed E-state index contributed by atoms with van der Waals surface area (Å²) in [5.41, 5.74) is 7.53. The number of anilines is 1. The van der Waals surface area contributed by atoms with Gasteiger partial charge in [0.05, 0.1) is 11.1 Å². The quantitative estimate of drug-likeness (QED) is 0.382. The Bertz CT molecular complexity index is 1290. The van der Waals surface area contributed by atoms with E-state index < -0.39 is 5.91 Å². The molecule has 1 aliphatic heterocycles. The van der Waals surface area contributed by atoms with E-state index in [9.17, 15) is 9.59 Å². The molecule has 0 aliphatic carbocycles. The number of imidazole rings is 1. The average molecular weight is 431 g/mol. The van der Waals surface area contributed by atoms with Crippen LogP contribution in [0.5, 0.6) is 0 Å². The van der Waals surface area contributed by atoms with Crippen LogP contribution in [-0.2, 0) is 4.79 Å². The van der Waals surface area contributed by atoms with Crippen LogP contribution in [0.4, 0.5) is 5.95 Å². The van der Waals surface area contributed by atoms with Gasteiger partial charge in [-0.25, -0.2) is 4.98 Å². The molecule has 2 amide bonds. The molecule has 0 radical (unpaired) electrons. The standard InChI is InChI=1S/C24H26N6O2/c1-15(13-16-5-2-3-6-17(16)14-25)22(31)30-24-28-20-8-4-7-19(21(20)29-24)23(32)27-18-9-11-26-12-10-18/h2-8,13-14,18,26H,1,9-12,25H2,(H,27,32)(H2,28,29,30,31)/b16-13-,17-14-. The van der Waals surface area contributed by atoms with Crippen molar-refractivity contribution in [2.75, 3.05) is 18.4 Å². The van der Waals surface area contributed by atoms with Gasteiger partial charge in [-0.05, 0) is 54.6 Å². The van der Waals surface area contributed by atoms with Gasteiger partial charge in [0.15, 0.2) is 0 Å². The number of rotatable bonds is 5. The van der Waals surface area contributed by atoms with Crippen LogP contribution in [0.25, 0.3) is 23.3 Å². The van der Waals surface area contributed by atoms with Gasteiger partial charge in [-0.2, -0.15) is 0 Å². The van der Waals surface area contributed by atoms with E-state index in [1.54, 1.807) is 18.2 Å². The Hall–Kier alpha value is -3.91. The van der Waals surface area contributed by atoms with E-state index in [1.165, 1.54) is 6.20 Å². The highest BCUT2D eigenvalue weighted by molar-refractivity contribution is 6.10. The summed E-state index contributed by atoms with van der Waals surface area (Å²) in [4.78, 5) is 33.0. The number of carbonyl (C=O) groups excluding carboxylic acids is 2. The van der Waals surface area contributed by atoms with Gasteiger partial charge in [0.2, 0.25) is 5.95 Å². The molecule has 0 unspecified atom stereocenters. The molecule has 8 nitrogen and oxygen atoms in total. The molecule has 6 N–H and O–H groups in total. The molecule has 2 heterocycles. The highest BCUT2D eigenvalue weighted by atomic mass is 16.2. The predicted octanol–water partition coefficient (Wildman–Crippen LogP) is 0.717. The first-order chi connectivity index (χ1) is 15.5. The summed E-state index contributed by atoms with van der Waals surface area (Å²) < 4.78 is 0. The van der Waals surface area contributed by atoms with Gasteiger partial charge in [-0.3, -0.25) is 14.9 Å². The first-order valence-electron chi connectivity index (χ1n) is 10.5. The number of hydrogen-bond donors (Lipinski definition) is 5. The van der Waals surface area contributed by atoms with E-state index in [0.29, 0.717) is 16.6 Å². The van der Waals surface area contributed by atoms with Crippen molar-refractivity contribution < 1.29 is 9.59 Å². The summed E-state index contributed by atoms with van der Waals surface area (Å²) in [6.45, 7) is 5.64.